The average molecular weight is 826 g/mol. The van der Waals surface area contributed by atoms with Crippen molar-refractivity contribution < 1.29 is 37.1 Å². The van der Waals surface area contributed by atoms with Crippen molar-refractivity contribution in [2.75, 3.05) is 43.0 Å². The summed E-state index contributed by atoms with van der Waals surface area (Å²) in [5.74, 6) is -0.994. The first-order valence-corrected chi connectivity index (χ1v) is 20.7. The lowest BCUT2D eigenvalue weighted by molar-refractivity contribution is -0.139. The average Bonchev–Trinajstić information content (AvgIpc) is 3.35. The highest BCUT2D eigenvalue weighted by molar-refractivity contribution is 7.81. The number of nitrogens with one attached hydrogen (secondary N) is 2. The fraction of sp³-hybridized carbons (Fsp3) is 0.595. The van der Waals surface area contributed by atoms with Gasteiger partial charge in [0.2, 0.25) is 23.6 Å². The molecule has 12 nitrogen and oxygen atoms in total. The molecule has 4 aliphatic rings. The molecule has 58 heavy (non-hydrogen) atoms. The van der Waals surface area contributed by atoms with Crippen molar-refractivity contribution in [1.82, 2.24) is 20.0 Å². The first-order chi connectivity index (χ1) is 27.4. The Hall–Kier alpha value is -4.01. The Morgan fingerprint density at radius 3 is 2.28 bits per heavy atom. The summed E-state index contributed by atoms with van der Waals surface area (Å²) in [6, 6.07) is 12.5. The third-order valence-corrected chi connectivity index (χ3v) is 13.1. The molecule has 3 saturated heterocycles. The molecule has 0 spiro atoms. The normalized spacial score (nSPS) is 28.7. The number of imide groups is 1. The summed E-state index contributed by atoms with van der Waals surface area (Å²) in [5, 5.41) is 14.7. The van der Waals surface area contributed by atoms with Gasteiger partial charge in [0.15, 0.2) is 0 Å². The van der Waals surface area contributed by atoms with Gasteiger partial charge >= 0.3 is 6.18 Å². The second-order valence-corrected chi connectivity index (χ2v) is 17.2. The third kappa shape index (κ3) is 8.79. The van der Waals surface area contributed by atoms with E-state index in [0.717, 1.165) is 63.0 Å². The number of anilines is 2. The molecule has 0 bridgehead atoms. The van der Waals surface area contributed by atoms with Gasteiger partial charge in [-0.2, -0.15) is 18.4 Å². The minimum absolute atomic E-state index is 0.0240. The highest BCUT2D eigenvalue weighted by Gasteiger charge is 2.54. The van der Waals surface area contributed by atoms with E-state index in [9.17, 15) is 37.6 Å². The first kappa shape index (κ1) is 43.6. The number of ether oxygens (including phenoxy) is 1. The van der Waals surface area contributed by atoms with Crippen molar-refractivity contribution in [1.29, 1.82) is 5.26 Å². The van der Waals surface area contributed by atoms with Gasteiger partial charge in [-0.3, -0.25) is 44.1 Å². The molecule has 3 heterocycles. The van der Waals surface area contributed by atoms with Crippen molar-refractivity contribution in [3.05, 3.63) is 59.2 Å². The van der Waals surface area contributed by atoms with E-state index in [-0.39, 0.29) is 60.1 Å². The van der Waals surface area contributed by atoms with E-state index < -0.39 is 33.8 Å². The largest absolute Gasteiger partial charge is 0.417 e. The summed E-state index contributed by atoms with van der Waals surface area (Å²) in [6.45, 7) is 12.8. The summed E-state index contributed by atoms with van der Waals surface area (Å²) < 4.78 is 47.6. The van der Waals surface area contributed by atoms with Crippen LogP contribution in [0.5, 0.6) is 0 Å². The molecule has 1 unspecified atom stereocenters. The number of nitriles is 1. The number of benzene rings is 2. The Morgan fingerprint density at radius 1 is 1.03 bits per heavy atom. The van der Waals surface area contributed by atoms with E-state index in [1.807, 2.05) is 36.1 Å². The van der Waals surface area contributed by atoms with Gasteiger partial charge in [-0.05, 0) is 102 Å². The molecule has 314 valence electrons. The molecule has 4 amide bonds. The predicted molar refractivity (Wildman–Crippen MR) is 216 cm³/mol. The number of hydrogen-bond donors (Lipinski definition) is 3. The number of carbonyl (C=O) groups excluding carboxylic acids is 4. The molecular weight excluding hydrogens is 772 g/mol. The van der Waals surface area contributed by atoms with Crippen LogP contribution in [0, 0.1) is 11.3 Å². The van der Waals surface area contributed by atoms with Gasteiger partial charge < -0.3 is 10.1 Å². The van der Waals surface area contributed by atoms with E-state index in [0.29, 0.717) is 31.6 Å². The number of nitrogens with zero attached hydrogens (tertiary/aromatic N) is 5. The maximum atomic E-state index is 13.8. The lowest BCUT2D eigenvalue weighted by atomic mass is 9.72. The third-order valence-electron chi connectivity index (χ3n) is 12.7. The zero-order valence-corrected chi connectivity index (χ0v) is 34.7. The van der Waals surface area contributed by atoms with E-state index in [2.05, 4.69) is 34.3 Å². The zero-order chi connectivity index (χ0) is 42.2. The van der Waals surface area contributed by atoms with Crippen LogP contribution in [0.4, 0.5) is 24.5 Å². The minimum Gasteiger partial charge on any atom is -0.377 e. The van der Waals surface area contributed by atoms with Gasteiger partial charge in [-0.25, -0.2) is 0 Å². The summed E-state index contributed by atoms with van der Waals surface area (Å²) in [6.07, 6.45) is -0.348. The topological polar surface area (TPSA) is 138 Å². The van der Waals surface area contributed by atoms with Crippen LogP contribution in [0.25, 0.3) is 0 Å². The Morgan fingerprint density at radius 2 is 1.69 bits per heavy atom. The van der Waals surface area contributed by atoms with Crippen LogP contribution in [0.15, 0.2) is 42.5 Å². The Bertz CT molecular complexity index is 1900. The number of alkyl halides is 3. The fourth-order valence-corrected chi connectivity index (χ4v) is 10.2. The van der Waals surface area contributed by atoms with Gasteiger partial charge in [-0.1, -0.05) is 19.1 Å². The van der Waals surface area contributed by atoms with Gasteiger partial charge in [0.1, 0.15) is 5.50 Å². The van der Waals surface area contributed by atoms with Crippen molar-refractivity contribution in [3.8, 4) is 6.07 Å². The number of carbonyl (C=O) groups is 4. The monoisotopic (exact) mass is 825 g/mol. The molecule has 1 aliphatic carbocycles. The van der Waals surface area contributed by atoms with Crippen molar-refractivity contribution in [2.24, 2.45) is 0 Å². The smallest absolute Gasteiger partial charge is 0.377 e. The minimum atomic E-state index is -4.74. The molecule has 6 rings (SSSR count). The Kier molecular flexibility index (Phi) is 13.0. The van der Waals surface area contributed by atoms with E-state index >= 15 is 0 Å². The molecule has 1 saturated carbocycles. The number of hydrogen-bond acceptors (Lipinski definition) is 10. The number of rotatable bonds is 11. The van der Waals surface area contributed by atoms with E-state index in [1.165, 1.54) is 11.0 Å². The Balaban J connectivity index is 0.949. The molecule has 4 fully saturated rings. The van der Waals surface area contributed by atoms with Crippen LogP contribution in [-0.4, -0.2) is 106 Å². The molecule has 4 atom stereocenters. The van der Waals surface area contributed by atoms with Gasteiger partial charge in [-0.15, -0.1) is 12.6 Å². The molecule has 16 heteroatoms. The van der Waals surface area contributed by atoms with Crippen molar-refractivity contribution >= 4 is 47.6 Å². The second-order valence-electron chi connectivity index (χ2n) is 16.7. The number of piperidine rings is 1. The molecule has 0 aromatic heterocycles. The summed E-state index contributed by atoms with van der Waals surface area (Å²) in [4.78, 5) is 59.2. The predicted octanol–water partition coefficient (Wildman–Crippen LogP) is 5.66. The van der Waals surface area contributed by atoms with Crippen LogP contribution in [0.1, 0.15) is 96.3 Å². The molecule has 3 aliphatic heterocycles. The standard InChI is InChI=1S/C42H54F3N7O5S/c1-6-41(18-17-35(53)48-37(41)55)29-8-10-30(11-9-29)47-36(54)25-50-26(2)23-49(24-27(50)3)19-20-57-33-15-13-31(14-16-33)52-39(58)51(38(56)40(52,4)5)32-12-7-28(22-46)34(21-32)42(43,44)45/h7-12,21,26-27,31,33,39,58H,6,13-20,23-25H2,1-5H3,(H,47,54)(H,48,53,55)/t26-,27+,31?,33?,39?,41-/m0/s1. The maximum absolute atomic E-state index is 13.8. The lowest BCUT2D eigenvalue weighted by Crippen LogP contribution is -2.58. The maximum Gasteiger partial charge on any atom is 0.417 e. The van der Waals surface area contributed by atoms with Gasteiger partial charge in [0, 0.05) is 55.6 Å². The number of thiol groups is 1. The highest BCUT2D eigenvalue weighted by Crippen LogP contribution is 2.43. The number of halogens is 3. The van der Waals surface area contributed by atoms with Crippen LogP contribution < -0.4 is 15.5 Å². The van der Waals surface area contributed by atoms with Crippen LogP contribution >= 0.6 is 12.6 Å². The van der Waals surface area contributed by atoms with Crippen molar-refractivity contribution in [2.45, 2.75) is 126 Å². The van der Waals surface area contributed by atoms with E-state index in [1.54, 1.807) is 19.9 Å². The molecule has 2 aromatic rings. The number of piperazine rings is 1. The quantitative estimate of drug-likeness (QED) is 0.194. The molecule has 2 N–H and O–H groups in total. The second kappa shape index (κ2) is 17.3. The van der Waals surface area contributed by atoms with Gasteiger partial charge in [0.25, 0.3) is 0 Å². The highest BCUT2D eigenvalue weighted by atomic mass is 32.1. The SMILES string of the molecule is CC[C@@]1(c2ccc(NC(=O)CN3[C@H](C)CN(CCOC4CCC(N5C(S)N(c6ccc(C#N)c(C(F)(F)F)c6)C(=O)C5(C)C)CC4)C[C@@H]3C)cc2)CCC(=O)NC1=O. The summed E-state index contributed by atoms with van der Waals surface area (Å²) in [7, 11) is 0. The zero-order valence-electron chi connectivity index (χ0n) is 33.8. The van der Waals surface area contributed by atoms with Gasteiger partial charge in [0.05, 0.1) is 47.4 Å². The number of amides is 4. The first-order valence-electron chi connectivity index (χ1n) is 20.2. The van der Waals surface area contributed by atoms with Crippen LogP contribution in [-0.2, 0) is 35.5 Å². The van der Waals surface area contributed by atoms with Crippen LogP contribution in [0.3, 0.4) is 0 Å². The summed E-state index contributed by atoms with van der Waals surface area (Å²) in [5.41, 5.74) is -2.59. The molecule has 2 aromatic carbocycles. The van der Waals surface area contributed by atoms with Crippen LogP contribution in [0.2, 0.25) is 0 Å². The Labute approximate surface area is 343 Å². The van der Waals surface area contributed by atoms with E-state index in [4.69, 9.17) is 17.4 Å². The molecule has 0 radical (unpaired) electrons. The molecular formula is C42H54F3N7O5S. The summed E-state index contributed by atoms with van der Waals surface area (Å²) >= 11 is 4.76. The fourth-order valence-electron chi connectivity index (χ4n) is 9.44. The lowest BCUT2D eigenvalue weighted by Gasteiger charge is -2.44. The van der Waals surface area contributed by atoms with Crippen molar-refractivity contribution in [3.63, 3.8) is 0 Å².